The third kappa shape index (κ3) is 5.59. The van der Waals surface area contributed by atoms with Gasteiger partial charge in [-0.3, -0.25) is 4.79 Å². The molecule has 3 aromatic rings. The number of carbonyl (C=O) groups excluding carboxylic acids is 1. The zero-order valence-electron chi connectivity index (χ0n) is 14.8. The summed E-state index contributed by atoms with van der Waals surface area (Å²) in [4.78, 5) is 12.3. The fourth-order valence-electron chi connectivity index (χ4n) is 2.56. The minimum atomic E-state index is -0.112. The molecule has 0 saturated carbocycles. The average molecular weight is 445 g/mol. The van der Waals surface area contributed by atoms with Gasteiger partial charge in [0, 0.05) is 20.7 Å². The highest BCUT2D eigenvalue weighted by atomic mass is 79.9. The van der Waals surface area contributed by atoms with Gasteiger partial charge in [-0.15, -0.1) is 0 Å². The van der Waals surface area contributed by atoms with Gasteiger partial charge < -0.3 is 10.1 Å². The molecule has 0 aliphatic carbocycles. The summed E-state index contributed by atoms with van der Waals surface area (Å²) in [6, 6.07) is 21.0. The molecule has 5 heteroatoms. The van der Waals surface area contributed by atoms with Crippen LogP contribution in [-0.2, 0) is 17.8 Å². The highest BCUT2D eigenvalue weighted by Gasteiger charge is 2.09. The predicted molar refractivity (Wildman–Crippen MR) is 113 cm³/mol. The van der Waals surface area contributed by atoms with Crippen molar-refractivity contribution in [1.29, 1.82) is 0 Å². The van der Waals surface area contributed by atoms with Gasteiger partial charge in [0.25, 0.3) is 0 Å². The molecule has 138 valence electrons. The van der Waals surface area contributed by atoms with Crippen LogP contribution in [0.15, 0.2) is 71.2 Å². The number of aryl methyl sites for hydroxylation is 1. The Bertz CT molecular complexity index is 941. The van der Waals surface area contributed by atoms with Crippen molar-refractivity contribution in [3.05, 3.63) is 92.9 Å². The third-order valence-electron chi connectivity index (χ3n) is 4.06. The van der Waals surface area contributed by atoms with Crippen LogP contribution in [-0.4, -0.2) is 5.91 Å². The number of nitrogens with one attached hydrogen (secondary N) is 1. The van der Waals surface area contributed by atoms with Gasteiger partial charge in [0.15, 0.2) is 0 Å². The standard InChI is InChI=1S/C22H19BrClNO2/c1-15-6-10-19(11-7-15)27-14-17-8-9-18(13-20(17)23)25-22(26)12-16-4-2-3-5-21(16)24/h2-11,13H,12,14H2,1H3,(H,25,26). The van der Waals surface area contributed by atoms with Crippen LogP contribution in [0.25, 0.3) is 0 Å². The Morgan fingerprint density at radius 3 is 2.48 bits per heavy atom. The van der Waals surface area contributed by atoms with Crippen LogP contribution in [0.2, 0.25) is 5.02 Å². The van der Waals surface area contributed by atoms with E-state index in [1.807, 2.05) is 67.6 Å². The topological polar surface area (TPSA) is 38.3 Å². The van der Waals surface area contributed by atoms with Crippen LogP contribution in [0.3, 0.4) is 0 Å². The van der Waals surface area contributed by atoms with Crippen LogP contribution in [0.4, 0.5) is 5.69 Å². The van der Waals surface area contributed by atoms with Crippen molar-refractivity contribution in [2.75, 3.05) is 5.32 Å². The minimum absolute atomic E-state index is 0.112. The SMILES string of the molecule is Cc1ccc(OCc2ccc(NC(=O)Cc3ccccc3Cl)cc2Br)cc1. The van der Waals surface area contributed by atoms with Gasteiger partial charge in [0.1, 0.15) is 12.4 Å². The Hall–Kier alpha value is -2.30. The van der Waals surface area contributed by atoms with Crippen molar-refractivity contribution in [3.8, 4) is 5.75 Å². The summed E-state index contributed by atoms with van der Waals surface area (Å²) in [5, 5.41) is 3.49. The van der Waals surface area contributed by atoms with E-state index in [2.05, 4.69) is 21.2 Å². The largest absolute Gasteiger partial charge is 0.489 e. The molecule has 0 spiro atoms. The number of ether oxygens (including phenoxy) is 1. The smallest absolute Gasteiger partial charge is 0.228 e. The van der Waals surface area contributed by atoms with Crippen molar-refractivity contribution >= 4 is 39.1 Å². The Balaban J connectivity index is 1.59. The van der Waals surface area contributed by atoms with Crippen molar-refractivity contribution in [1.82, 2.24) is 0 Å². The first-order chi connectivity index (χ1) is 13.0. The number of anilines is 1. The molecule has 0 aromatic heterocycles. The second kappa shape index (κ2) is 9.07. The Labute approximate surface area is 172 Å². The van der Waals surface area contributed by atoms with Crippen molar-refractivity contribution in [3.63, 3.8) is 0 Å². The van der Waals surface area contributed by atoms with Gasteiger partial charge in [-0.2, -0.15) is 0 Å². The molecule has 1 amide bonds. The minimum Gasteiger partial charge on any atom is -0.489 e. The van der Waals surface area contributed by atoms with Gasteiger partial charge in [0.05, 0.1) is 6.42 Å². The van der Waals surface area contributed by atoms with E-state index >= 15 is 0 Å². The molecule has 0 aliphatic heterocycles. The highest BCUT2D eigenvalue weighted by Crippen LogP contribution is 2.24. The van der Waals surface area contributed by atoms with E-state index in [-0.39, 0.29) is 12.3 Å². The summed E-state index contributed by atoms with van der Waals surface area (Å²) >= 11 is 9.66. The first-order valence-corrected chi connectivity index (χ1v) is 9.69. The van der Waals surface area contributed by atoms with E-state index in [1.165, 1.54) is 5.56 Å². The molecule has 0 radical (unpaired) electrons. The number of amides is 1. The summed E-state index contributed by atoms with van der Waals surface area (Å²) in [6.07, 6.45) is 0.232. The molecular weight excluding hydrogens is 426 g/mol. The summed E-state index contributed by atoms with van der Waals surface area (Å²) in [5.41, 5.74) is 3.72. The molecule has 1 N–H and O–H groups in total. The Morgan fingerprint density at radius 1 is 1.04 bits per heavy atom. The lowest BCUT2D eigenvalue weighted by atomic mass is 10.1. The summed E-state index contributed by atoms with van der Waals surface area (Å²) in [5.74, 6) is 0.711. The van der Waals surface area contributed by atoms with E-state index in [1.54, 1.807) is 6.07 Å². The molecule has 0 atom stereocenters. The monoisotopic (exact) mass is 443 g/mol. The fourth-order valence-corrected chi connectivity index (χ4v) is 3.25. The van der Waals surface area contributed by atoms with Crippen molar-refractivity contribution in [2.45, 2.75) is 20.0 Å². The van der Waals surface area contributed by atoms with Gasteiger partial charge in [-0.05, 0) is 42.8 Å². The first-order valence-electron chi connectivity index (χ1n) is 8.52. The second-order valence-electron chi connectivity index (χ2n) is 6.22. The number of hydrogen-bond acceptors (Lipinski definition) is 2. The maximum atomic E-state index is 12.3. The van der Waals surface area contributed by atoms with Crippen LogP contribution < -0.4 is 10.1 Å². The molecule has 3 rings (SSSR count). The maximum absolute atomic E-state index is 12.3. The molecule has 0 saturated heterocycles. The normalized spacial score (nSPS) is 10.5. The highest BCUT2D eigenvalue weighted by molar-refractivity contribution is 9.10. The number of hydrogen-bond donors (Lipinski definition) is 1. The van der Waals surface area contributed by atoms with Gasteiger partial charge >= 0.3 is 0 Å². The van der Waals surface area contributed by atoms with E-state index in [0.29, 0.717) is 11.6 Å². The second-order valence-corrected chi connectivity index (χ2v) is 7.49. The molecule has 0 heterocycles. The molecule has 0 aliphatic rings. The molecule has 27 heavy (non-hydrogen) atoms. The Morgan fingerprint density at radius 2 is 1.78 bits per heavy atom. The summed E-state index contributed by atoms with van der Waals surface area (Å²) in [6.45, 7) is 2.48. The van der Waals surface area contributed by atoms with Gasteiger partial charge in [0.2, 0.25) is 5.91 Å². The quantitative estimate of drug-likeness (QED) is 0.493. The summed E-state index contributed by atoms with van der Waals surface area (Å²) < 4.78 is 6.69. The predicted octanol–water partition coefficient (Wildman–Crippen LogP) is 6.17. The lowest BCUT2D eigenvalue weighted by Crippen LogP contribution is -2.14. The zero-order valence-corrected chi connectivity index (χ0v) is 17.2. The van der Waals surface area contributed by atoms with Crippen molar-refractivity contribution < 1.29 is 9.53 Å². The van der Waals surface area contributed by atoms with Crippen LogP contribution in [0, 0.1) is 6.92 Å². The molecule has 3 aromatic carbocycles. The summed E-state index contributed by atoms with van der Waals surface area (Å²) in [7, 11) is 0. The van der Waals surface area contributed by atoms with E-state index < -0.39 is 0 Å². The third-order valence-corrected chi connectivity index (χ3v) is 5.17. The number of carbonyl (C=O) groups is 1. The van der Waals surface area contributed by atoms with Crippen LogP contribution in [0.5, 0.6) is 5.75 Å². The lowest BCUT2D eigenvalue weighted by Gasteiger charge is -2.11. The van der Waals surface area contributed by atoms with Gasteiger partial charge in [-0.25, -0.2) is 0 Å². The first kappa shape index (κ1) is 19.5. The number of halogens is 2. The van der Waals surface area contributed by atoms with Crippen LogP contribution in [0.1, 0.15) is 16.7 Å². The lowest BCUT2D eigenvalue weighted by molar-refractivity contribution is -0.115. The number of rotatable bonds is 6. The fraction of sp³-hybridized carbons (Fsp3) is 0.136. The molecule has 0 bridgehead atoms. The van der Waals surface area contributed by atoms with Gasteiger partial charge in [-0.1, -0.05) is 69.5 Å². The zero-order chi connectivity index (χ0) is 19.2. The van der Waals surface area contributed by atoms with Crippen LogP contribution >= 0.6 is 27.5 Å². The number of benzene rings is 3. The maximum Gasteiger partial charge on any atom is 0.228 e. The average Bonchev–Trinajstić information content (AvgIpc) is 2.64. The molecular formula is C22H19BrClNO2. The van der Waals surface area contributed by atoms with E-state index in [9.17, 15) is 4.79 Å². The van der Waals surface area contributed by atoms with Crippen molar-refractivity contribution in [2.24, 2.45) is 0 Å². The van der Waals surface area contributed by atoms with E-state index in [4.69, 9.17) is 16.3 Å². The molecule has 3 nitrogen and oxygen atoms in total. The molecule has 0 fully saturated rings. The Kier molecular flexibility index (Phi) is 6.54. The molecule has 0 unspecified atom stereocenters. The van der Waals surface area contributed by atoms with E-state index in [0.717, 1.165) is 27.0 Å².